The minimum atomic E-state index is -0.394. The molecule has 0 bridgehead atoms. The van der Waals surface area contributed by atoms with E-state index in [4.69, 9.17) is 0 Å². The Balaban J connectivity index is 2.31. The molecule has 0 spiro atoms. The summed E-state index contributed by atoms with van der Waals surface area (Å²) < 4.78 is 0. The maximum Gasteiger partial charge on any atom is 0.328 e. The summed E-state index contributed by atoms with van der Waals surface area (Å²) in [6.45, 7) is 0. The number of nitrogens with one attached hydrogen (secondary N) is 1. The highest BCUT2D eigenvalue weighted by Gasteiger charge is 2.08. The van der Waals surface area contributed by atoms with Gasteiger partial charge in [0.15, 0.2) is 0 Å². The Kier molecular flexibility index (Phi) is 4.25. The Hall–Kier alpha value is -1.10. The predicted octanol–water partition coefficient (Wildman–Crippen LogP) is 0.847. The van der Waals surface area contributed by atoms with Crippen LogP contribution in [0.15, 0.2) is 0 Å². The van der Waals surface area contributed by atoms with Crippen LogP contribution in [-0.2, 0) is 19.3 Å². The van der Waals surface area contributed by atoms with Gasteiger partial charge in [-0.1, -0.05) is 12.8 Å². The first-order valence-electron chi connectivity index (χ1n) is 4.43. The van der Waals surface area contributed by atoms with Crippen molar-refractivity contribution in [2.24, 2.45) is 0 Å². The Bertz CT molecular complexity index is 173. The molecule has 0 aromatic rings. The van der Waals surface area contributed by atoms with Gasteiger partial charge in [0, 0.05) is 18.5 Å². The first-order valence-corrected chi connectivity index (χ1v) is 4.43. The quantitative estimate of drug-likeness (QED) is 0.609. The van der Waals surface area contributed by atoms with Gasteiger partial charge in [-0.25, -0.2) is 0 Å². The second kappa shape index (κ2) is 5.53. The van der Waals surface area contributed by atoms with Crippen molar-refractivity contribution in [2.45, 2.75) is 38.5 Å². The van der Waals surface area contributed by atoms with E-state index >= 15 is 0 Å². The van der Waals surface area contributed by atoms with Gasteiger partial charge in [0.25, 0.3) is 0 Å². The fourth-order valence-corrected chi connectivity index (χ4v) is 1.11. The lowest BCUT2D eigenvalue weighted by Crippen LogP contribution is -2.23. The van der Waals surface area contributed by atoms with Crippen molar-refractivity contribution in [1.82, 2.24) is 5.64 Å². The second-order valence-corrected chi connectivity index (χ2v) is 2.95. The summed E-state index contributed by atoms with van der Waals surface area (Å²) >= 11 is 0. The van der Waals surface area contributed by atoms with Gasteiger partial charge in [-0.3, -0.25) is 9.59 Å². The Morgan fingerprint density at radius 1 is 0.846 bits per heavy atom. The second-order valence-electron chi connectivity index (χ2n) is 2.95. The number of hydrogen-bond acceptors (Lipinski definition) is 5. The van der Waals surface area contributed by atoms with Gasteiger partial charge in [0.05, 0.1) is 0 Å². The number of carbonyl (C=O) groups excluding carboxylic acids is 2. The van der Waals surface area contributed by atoms with Gasteiger partial charge in [-0.05, 0) is 12.8 Å². The molecule has 0 unspecified atom stereocenters. The van der Waals surface area contributed by atoms with Crippen molar-refractivity contribution in [3.05, 3.63) is 0 Å². The molecule has 0 aromatic carbocycles. The van der Waals surface area contributed by atoms with Crippen molar-refractivity contribution in [2.75, 3.05) is 0 Å². The summed E-state index contributed by atoms with van der Waals surface area (Å²) in [5.74, 6) is -0.788. The summed E-state index contributed by atoms with van der Waals surface area (Å²) in [5, 5.41) is 0. The third-order valence-corrected chi connectivity index (χ3v) is 1.82. The van der Waals surface area contributed by atoms with Crippen LogP contribution in [0.1, 0.15) is 38.5 Å². The summed E-state index contributed by atoms with van der Waals surface area (Å²) in [5.41, 5.74) is 1.88. The lowest BCUT2D eigenvalue weighted by molar-refractivity contribution is -0.198. The Labute approximate surface area is 76.3 Å². The first-order chi connectivity index (χ1) is 6.29. The van der Waals surface area contributed by atoms with Crippen molar-refractivity contribution in [3.63, 3.8) is 0 Å². The van der Waals surface area contributed by atoms with E-state index in [1.807, 2.05) is 5.64 Å². The lowest BCUT2D eigenvalue weighted by atomic mass is 10.1. The molecule has 0 radical (unpaired) electrons. The maximum atomic E-state index is 10.8. The van der Waals surface area contributed by atoms with Crippen LogP contribution in [0.5, 0.6) is 0 Å². The van der Waals surface area contributed by atoms with Gasteiger partial charge in [0.1, 0.15) is 0 Å². The number of rotatable bonds is 0. The maximum absolute atomic E-state index is 10.8. The minimum Gasteiger partial charge on any atom is -0.336 e. The molecular formula is C8H13NO4. The smallest absolute Gasteiger partial charge is 0.328 e. The van der Waals surface area contributed by atoms with E-state index in [0.29, 0.717) is 12.8 Å². The van der Waals surface area contributed by atoms with Crippen LogP contribution in [0.3, 0.4) is 0 Å². The number of carbonyl (C=O) groups is 2. The molecule has 1 saturated heterocycles. The predicted molar refractivity (Wildman–Crippen MR) is 43.0 cm³/mol. The molecule has 0 aliphatic carbocycles. The minimum absolute atomic E-state index is 0.366. The monoisotopic (exact) mass is 187 g/mol. The van der Waals surface area contributed by atoms with Crippen LogP contribution in [0.4, 0.5) is 0 Å². The molecule has 5 heteroatoms. The van der Waals surface area contributed by atoms with Crippen LogP contribution in [0.2, 0.25) is 0 Å². The summed E-state index contributed by atoms with van der Waals surface area (Å²) in [7, 11) is 0. The Morgan fingerprint density at radius 2 is 1.31 bits per heavy atom. The molecule has 1 heterocycles. The standard InChI is InChI=1S/C8H13NO4/c10-7-5-3-1-2-4-6-8(11)13-9-12-7/h9H,1-6H2. The molecule has 13 heavy (non-hydrogen) atoms. The number of hydrogen-bond donors (Lipinski definition) is 1. The van der Waals surface area contributed by atoms with Gasteiger partial charge in [-0.2, -0.15) is 0 Å². The Morgan fingerprint density at radius 3 is 1.77 bits per heavy atom. The van der Waals surface area contributed by atoms with Gasteiger partial charge < -0.3 is 9.68 Å². The van der Waals surface area contributed by atoms with Crippen molar-refractivity contribution in [1.29, 1.82) is 0 Å². The van der Waals surface area contributed by atoms with Crippen LogP contribution in [0.25, 0.3) is 0 Å². The largest absolute Gasteiger partial charge is 0.336 e. The summed E-state index contributed by atoms with van der Waals surface area (Å²) in [6, 6.07) is 0. The van der Waals surface area contributed by atoms with Gasteiger partial charge in [-0.15, -0.1) is 0 Å². The summed E-state index contributed by atoms with van der Waals surface area (Å²) in [4.78, 5) is 30.5. The topological polar surface area (TPSA) is 64.6 Å². The lowest BCUT2D eigenvalue weighted by Gasteiger charge is -2.03. The van der Waals surface area contributed by atoms with Gasteiger partial charge >= 0.3 is 11.9 Å². The van der Waals surface area contributed by atoms with E-state index < -0.39 is 11.9 Å². The zero-order valence-electron chi connectivity index (χ0n) is 7.38. The van der Waals surface area contributed by atoms with E-state index in [1.165, 1.54) is 0 Å². The van der Waals surface area contributed by atoms with Crippen LogP contribution >= 0.6 is 0 Å². The molecule has 1 aliphatic rings. The highest BCUT2D eigenvalue weighted by atomic mass is 16.9. The zero-order chi connectivity index (χ0) is 9.52. The van der Waals surface area contributed by atoms with E-state index in [1.54, 1.807) is 0 Å². The van der Waals surface area contributed by atoms with Crippen LogP contribution < -0.4 is 5.64 Å². The third kappa shape index (κ3) is 4.47. The average Bonchev–Trinajstić information content (AvgIpc) is 2.13. The molecule has 1 fully saturated rings. The van der Waals surface area contributed by atoms with Crippen molar-refractivity contribution in [3.8, 4) is 0 Å². The molecule has 74 valence electrons. The van der Waals surface area contributed by atoms with E-state index in [-0.39, 0.29) is 0 Å². The van der Waals surface area contributed by atoms with Crippen molar-refractivity contribution < 1.29 is 19.3 Å². The molecule has 0 aromatic heterocycles. The van der Waals surface area contributed by atoms with E-state index in [0.717, 1.165) is 25.7 Å². The SMILES string of the molecule is O=C1CCCCCCC(=O)ONO1. The molecule has 1 rings (SSSR count). The van der Waals surface area contributed by atoms with Crippen LogP contribution in [0, 0.1) is 0 Å². The fourth-order valence-electron chi connectivity index (χ4n) is 1.11. The molecule has 1 aliphatic heterocycles. The highest BCUT2D eigenvalue weighted by molar-refractivity contribution is 5.70. The van der Waals surface area contributed by atoms with E-state index in [9.17, 15) is 9.59 Å². The molecule has 0 amide bonds. The molecule has 0 atom stereocenters. The zero-order valence-corrected chi connectivity index (χ0v) is 7.38. The fraction of sp³-hybridized carbons (Fsp3) is 0.750. The van der Waals surface area contributed by atoms with Crippen molar-refractivity contribution >= 4 is 11.9 Å². The average molecular weight is 187 g/mol. The van der Waals surface area contributed by atoms with E-state index in [2.05, 4.69) is 9.68 Å². The normalized spacial score (nSPS) is 21.2. The molecule has 0 saturated carbocycles. The highest BCUT2D eigenvalue weighted by Crippen LogP contribution is 2.07. The molecular weight excluding hydrogens is 174 g/mol. The molecule has 1 N–H and O–H groups in total. The molecule has 5 nitrogen and oxygen atoms in total. The third-order valence-electron chi connectivity index (χ3n) is 1.82. The summed E-state index contributed by atoms with van der Waals surface area (Å²) in [6.07, 6.45) is 4.23. The first kappa shape index (κ1) is 9.98. The van der Waals surface area contributed by atoms with Crippen LogP contribution in [-0.4, -0.2) is 11.9 Å². The van der Waals surface area contributed by atoms with Gasteiger partial charge in [0.2, 0.25) is 0 Å².